The van der Waals surface area contributed by atoms with Crippen LogP contribution in [0, 0.1) is 0 Å². The molecule has 2 N–H and O–H groups in total. The zero-order valence-corrected chi connectivity index (χ0v) is 46.5. The van der Waals surface area contributed by atoms with E-state index in [2.05, 4.69) is 0 Å². The van der Waals surface area contributed by atoms with Crippen molar-refractivity contribution in [1.29, 1.82) is 0 Å². The van der Waals surface area contributed by atoms with Crippen LogP contribution in [0.5, 0.6) is 0 Å². The largest absolute Gasteiger partial charge is 0.385 e. The Bertz CT molecular complexity index is 3010. The molecule has 2 aliphatic rings. The van der Waals surface area contributed by atoms with E-state index >= 15 is 0 Å². The van der Waals surface area contributed by atoms with Crippen molar-refractivity contribution in [3.63, 3.8) is 0 Å². The van der Waals surface area contributed by atoms with Crippen molar-refractivity contribution in [3.8, 4) is 0 Å². The minimum atomic E-state index is -1.70. The van der Waals surface area contributed by atoms with E-state index < -0.39 is 73.6 Å². The van der Waals surface area contributed by atoms with Gasteiger partial charge in [-0.25, -0.2) is 0 Å². The van der Waals surface area contributed by atoms with Crippen LogP contribution in [0.25, 0.3) is 0 Å². The minimum absolute atomic E-state index is 0.0532. The lowest BCUT2D eigenvalue weighted by Gasteiger charge is -2.50. The Morgan fingerprint density at radius 2 is 0.578 bits per heavy atom. The van der Waals surface area contributed by atoms with Crippen LogP contribution in [0.2, 0.25) is 0 Å². The summed E-state index contributed by atoms with van der Waals surface area (Å²) in [6.45, 7) is 1.61. The van der Waals surface area contributed by atoms with Crippen molar-refractivity contribution < 1.29 is 62.3 Å². The minimum Gasteiger partial charge on any atom is -0.385 e. The fourth-order valence-electron chi connectivity index (χ4n) is 10.3. The van der Waals surface area contributed by atoms with Crippen molar-refractivity contribution in [2.75, 3.05) is 13.2 Å². The third kappa shape index (κ3) is 17.6. The molecule has 83 heavy (non-hydrogen) atoms. The van der Waals surface area contributed by atoms with Crippen molar-refractivity contribution in [1.82, 2.24) is 0 Å². The fourth-order valence-corrected chi connectivity index (χ4v) is 10.3. The molecule has 432 valence electrons. The van der Waals surface area contributed by atoms with Gasteiger partial charge in [0.25, 0.3) is 0 Å². The molecule has 0 bridgehead atoms. The lowest BCUT2D eigenvalue weighted by atomic mass is 9.92. The summed E-state index contributed by atoms with van der Waals surface area (Å²) in [4.78, 5) is 0. The highest BCUT2D eigenvalue weighted by atomic mass is 16.8. The van der Waals surface area contributed by atoms with Crippen LogP contribution in [-0.2, 0) is 105 Å². The molecule has 8 aromatic carbocycles. The molecule has 8 aromatic rings. The summed E-state index contributed by atoms with van der Waals surface area (Å²) in [5.41, 5.74) is 7.34. The first-order valence-electron chi connectivity index (χ1n) is 28.5. The Morgan fingerprint density at radius 1 is 0.301 bits per heavy atom. The average molecular weight is 1120 g/mol. The first-order valence-corrected chi connectivity index (χ1v) is 28.5. The Kier molecular flexibility index (Phi) is 22.7. The SMILES string of the molecule is O[C@@H]1[C@@H](O[C@H]2[C@@H](OCc3ccccc3)[C@H](OCc3ccccc3)[C@@H]([C@@H](COCc3ccccc3)OCc3ccccc3)O[C@@H]2O)O[C@H]([C@@H](COCc2ccccc2)OCc2ccccc2)[C@@H](OCc2ccccc2)[C@@H]1OCc1ccccc1. The number of aliphatic hydroxyl groups excluding tert-OH is 2. The molecule has 0 unspecified atom stereocenters. The van der Waals surface area contributed by atoms with E-state index in [4.69, 9.17) is 52.1 Å². The average Bonchev–Trinajstić information content (AvgIpc) is 3.69. The van der Waals surface area contributed by atoms with Gasteiger partial charge in [-0.1, -0.05) is 243 Å². The molecule has 10 rings (SSSR count). The molecule has 2 fully saturated rings. The molecular weight excluding hydrogens is 1050 g/mol. The summed E-state index contributed by atoms with van der Waals surface area (Å²) in [6, 6.07) is 78.5. The molecule has 0 spiro atoms. The maximum absolute atomic E-state index is 13.0. The highest BCUT2D eigenvalue weighted by molar-refractivity contribution is 5.20. The first kappa shape index (κ1) is 59.4. The van der Waals surface area contributed by atoms with Crippen molar-refractivity contribution in [2.24, 2.45) is 0 Å². The molecule has 12 atom stereocenters. The molecule has 0 saturated carbocycles. The summed E-state index contributed by atoms with van der Waals surface area (Å²) in [5.74, 6) is 0. The zero-order valence-electron chi connectivity index (χ0n) is 46.5. The lowest BCUT2D eigenvalue weighted by Crippen LogP contribution is -2.67. The highest BCUT2D eigenvalue weighted by Gasteiger charge is 2.56. The van der Waals surface area contributed by atoms with Gasteiger partial charge >= 0.3 is 0 Å². The van der Waals surface area contributed by atoms with Crippen LogP contribution < -0.4 is 0 Å². The Morgan fingerprint density at radius 3 is 0.928 bits per heavy atom. The summed E-state index contributed by atoms with van der Waals surface area (Å²) in [5, 5.41) is 25.7. The van der Waals surface area contributed by atoms with Gasteiger partial charge in [-0.15, -0.1) is 0 Å². The number of ether oxygens (including phenoxy) is 11. The third-order valence-corrected chi connectivity index (χ3v) is 14.7. The van der Waals surface area contributed by atoms with Gasteiger partial charge in [0.15, 0.2) is 12.6 Å². The second-order valence-electron chi connectivity index (χ2n) is 20.8. The number of aliphatic hydroxyl groups is 2. The number of hydrogen-bond donors (Lipinski definition) is 2. The van der Waals surface area contributed by atoms with Crippen LogP contribution in [0.15, 0.2) is 243 Å². The number of benzene rings is 8. The molecule has 0 radical (unpaired) electrons. The van der Waals surface area contributed by atoms with Crippen molar-refractivity contribution in [2.45, 2.75) is 126 Å². The highest BCUT2D eigenvalue weighted by Crippen LogP contribution is 2.37. The number of rotatable bonds is 30. The summed E-state index contributed by atoms with van der Waals surface area (Å²) in [7, 11) is 0. The van der Waals surface area contributed by atoms with E-state index in [0.717, 1.165) is 44.5 Å². The van der Waals surface area contributed by atoms with Gasteiger partial charge in [-0.3, -0.25) is 0 Å². The molecule has 2 aliphatic heterocycles. The van der Waals surface area contributed by atoms with E-state index in [1.165, 1.54) is 0 Å². The quantitative estimate of drug-likeness (QED) is 0.0442. The standard InChI is InChI=1S/C70H74O13/c71-61-64(77-45-55-33-17-5-18-34-55)65(78-46-56-35-19-6-20-36-56)63(60(76-44-54-31-15-4-16-32-54)50-74-42-52-27-11-2-12-28-52)82-70(61)83-68-67(80-48-58-39-23-8-24-40-58)66(79-47-57-37-21-7-22-38-57)62(81-69(68)72)59(75-43-53-29-13-3-14-30-53)49-73-41-51-25-9-1-10-26-51/h1-40,59-72H,41-50H2/t59-,60-,61+,62-,63-,64-,65-,66-,67+,68+,69+,70-/m1/s1. The summed E-state index contributed by atoms with van der Waals surface area (Å²) in [6.07, 6.45) is -13.8. The van der Waals surface area contributed by atoms with Crippen LogP contribution in [-0.4, -0.2) is 97.0 Å². The fraction of sp³-hybridized carbons (Fsp3) is 0.314. The first-order chi connectivity index (χ1) is 41.0. The molecule has 2 heterocycles. The Hall–Kier alpha value is -6.76. The van der Waals surface area contributed by atoms with E-state index in [9.17, 15) is 10.2 Å². The molecule has 0 aromatic heterocycles. The van der Waals surface area contributed by atoms with Crippen molar-refractivity contribution in [3.05, 3.63) is 287 Å². The van der Waals surface area contributed by atoms with Crippen LogP contribution in [0.1, 0.15) is 44.5 Å². The van der Waals surface area contributed by atoms with Crippen LogP contribution >= 0.6 is 0 Å². The van der Waals surface area contributed by atoms with Gasteiger partial charge in [0.2, 0.25) is 0 Å². The van der Waals surface area contributed by atoms with Crippen molar-refractivity contribution >= 4 is 0 Å². The molecule has 13 heteroatoms. The van der Waals surface area contributed by atoms with E-state index in [0.29, 0.717) is 6.61 Å². The predicted octanol–water partition coefficient (Wildman–Crippen LogP) is 11.1. The Balaban J connectivity index is 1.02. The second kappa shape index (κ2) is 31.8. The maximum atomic E-state index is 13.0. The molecule has 0 amide bonds. The molecular formula is C70H74O13. The van der Waals surface area contributed by atoms with E-state index in [-0.39, 0.29) is 59.5 Å². The lowest BCUT2D eigenvalue weighted by molar-refractivity contribution is -0.383. The smallest absolute Gasteiger partial charge is 0.187 e. The predicted molar refractivity (Wildman–Crippen MR) is 313 cm³/mol. The third-order valence-electron chi connectivity index (χ3n) is 14.7. The topological polar surface area (TPSA) is 142 Å². The Labute approximate surface area is 487 Å². The summed E-state index contributed by atoms with van der Waals surface area (Å²) >= 11 is 0. The molecule has 0 aliphatic carbocycles. The monoisotopic (exact) mass is 1120 g/mol. The number of hydrogen-bond acceptors (Lipinski definition) is 13. The molecule has 13 nitrogen and oxygen atoms in total. The van der Waals surface area contributed by atoms with Gasteiger partial charge in [-0.05, 0) is 44.5 Å². The van der Waals surface area contributed by atoms with Gasteiger partial charge < -0.3 is 62.3 Å². The van der Waals surface area contributed by atoms with E-state index in [1.54, 1.807) is 0 Å². The van der Waals surface area contributed by atoms with Gasteiger partial charge in [0.1, 0.15) is 61.0 Å². The van der Waals surface area contributed by atoms with Crippen LogP contribution in [0.3, 0.4) is 0 Å². The van der Waals surface area contributed by atoms with E-state index in [1.807, 2.05) is 243 Å². The van der Waals surface area contributed by atoms with Crippen LogP contribution in [0.4, 0.5) is 0 Å². The molecule has 2 saturated heterocycles. The van der Waals surface area contributed by atoms with Gasteiger partial charge in [-0.2, -0.15) is 0 Å². The van der Waals surface area contributed by atoms with Gasteiger partial charge in [0.05, 0.1) is 66.1 Å². The maximum Gasteiger partial charge on any atom is 0.187 e. The normalized spacial score (nSPS) is 23.3. The second-order valence-corrected chi connectivity index (χ2v) is 20.8. The summed E-state index contributed by atoms with van der Waals surface area (Å²) < 4.78 is 75.5. The van der Waals surface area contributed by atoms with Gasteiger partial charge in [0, 0.05) is 0 Å². The zero-order chi connectivity index (χ0) is 56.7.